The van der Waals surface area contributed by atoms with E-state index in [1.807, 2.05) is 0 Å². The summed E-state index contributed by atoms with van der Waals surface area (Å²) in [6.07, 6.45) is 10.5. The van der Waals surface area contributed by atoms with E-state index in [0.717, 1.165) is 57.3 Å². The second-order valence-electron chi connectivity index (χ2n) is 13.0. The predicted molar refractivity (Wildman–Crippen MR) is 132 cm³/mol. The lowest BCUT2D eigenvalue weighted by molar-refractivity contribution is -0.151. The highest BCUT2D eigenvalue weighted by Gasteiger charge is 2.67. The molecule has 8 atom stereocenters. The molecule has 0 aromatic rings. The molecule has 0 radical (unpaired) electrons. The Morgan fingerprint density at radius 3 is 2.45 bits per heavy atom. The van der Waals surface area contributed by atoms with Crippen LogP contribution in [-0.4, -0.2) is 34.0 Å². The first-order chi connectivity index (χ1) is 15.4. The number of aliphatic hydroxyl groups excluding tert-OH is 1. The molecule has 0 saturated heterocycles. The lowest BCUT2D eigenvalue weighted by Gasteiger charge is -2.58. The smallest absolute Gasteiger partial charge is 0.302 e. The summed E-state index contributed by atoms with van der Waals surface area (Å²) in [5.74, 6) is 1.93. The first-order valence-corrected chi connectivity index (χ1v) is 13.7. The van der Waals surface area contributed by atoms with E-state index in [1.54, 1.807) is 0 Å². The van der Waals surface area contributed by atoms with Gasteiger partial charge in [-0.05, 0) is 86.0 Å². The molecule has 0 bridgehead atoms. The number of ether oxygens (including phenoxy) is 1. The third-order valence-corrected chi connectivity index (χ3v) is 10.7. The second-order valence-corrected chi connectivity index (χ2v) is 13.0. The van der Waals surface area contributed by atoms with Crippen molar-refractivity contribution in [1.29, 1.82) is 0 Å². The highest BCUT2D eigenvalue weighted by molar-refractivity contribution is 5.66. The zero-order valence-electron chi connectivity index (χ0n) is 22.0. The van der Waals surface area contributed by atoms with Gasteiger partial charge in [0, 0.05) is 12.3 Å². The van der Waals surface area contributed by atoms with Crippen LogP contribution in [0.1, 0.15) is 112 Å². The third-order valence-electron chi connectivity index (χ3n) is 10.7. The summed E-state index contributed by atoms with van der Waals surface area (Å²) in [5.41, 5.74) is 1.35. The van der Waals surface area contributed by atoms with E-state index in [2.05, 4.69) is 34.6 Å². The van der Waals surface area contributed by atoms with Gasteiger partial charge in [0.1, 0.15) is 11.7 Å². The van der Waals surface area contributed by atoms with Crippen LogP contribution >= 0.6 is 0 Å². The average Bonchev–Trinajstić information content (AvgIpc) is 2.94. The van der Waals surface area contributed by atoms with E-state index < -0.39 is 11.7 Å². The van der Waals surface area contributed by atoms with E-state index in [4.69, 9.17) is 4.74 Å². The summed E-state index contributed by atoms with van der Waals surface area (Å²) in [4.78, 5) is 11.5. The molecular formula is C29H48O4. The van der Waals surface area contributed by atoms with Gasteiger partial charge in [0.15, 0.2) is 0 Å². The van der Waals surface area contributed by atoms with Crippen molar-refractivity contribution in [2.45, 2.75) is 130 Å². The van der Waals surface area contributed by atoms with E-state index >= 15 is 0 Å². The Kier molecular flexibility index (Phi) is 6.86. The molecule has 0 amide bonds. The van der Waals surface area contributed by atoms with E-state index in [1.165, 1.54) is 37.3 Å². The van der Waals surface area contributed by atoms with Gasteiger partial charge in [-0.1, -0.05) is 59.5 Å². The Morgan fingerprint density at radius 1 is 1.06 bits per heavy atom. The van der Waals surface area contributed by atoms with Crippen molar-refractivity contribution in [2.75, 3.05) is 0 Å². The molecule has 0 aromatic heterocycles. The van der Waals surface area contributed by atoms with Crippen molar-refractivity contribution >= 4 is 5.97 Å². The molecular weight excluding hydrogens is 412 g/mol. The Labute approximate surface area is 201 Å². The second kappa shape index (κ2) is 8.97. The minimum Gasteiger partial charge on any atom is -0.463 e. The van der Waals surface area contributed by atoms with Gasteiger partial charge in [-0.25, -0.2) is 0 Å². The first-order valence-electron chi connectivity index (χ1n) is 13.7. The number of carbonyl (C=O) groups is 1. The normalized spacial score (nSPS) is 43.7. The number of aliphatic hydroxyl groups is 2. The number of hydrogen-bond acceptors (Lipinski definition) is 4. The quantitative estimate of drug-likeness (QED) is 0.366. The molecule has 0 heterocycles. The van der Waals surface area contributed by atoms with Crippen LogP contribution in [0.15, 0.2) is 11.1 Å². The SMILES string of the molecule is CC(=O)O[C@H]1CC[C@]2(C)C3=C(CC[C@H]2C1)[C@]1(O)[C@@H](O)C[C@H]([C@H](C)CCCC(C)C)[C@@]1(C)CC3. The molecule has 4 aliphatic carbocycles. The zero-order chi connectivity index (χ0) is 24.2. The maximum absolute atomic E-state index is 12.4. The third kappa shape index (κ3) is 4.01. The Morgan fingerprint density at radius 2 is 1.79 bits per heavy atom. The minimum atomic E-state index is -1.09. The number of hydrogen-bond donors (Lipinski definition) is 2. The van der Waals surface area contributed by atoms with Crippen molar-refractivity contribution in [3.8, 4) is 0 Å². The highest BCUT2D eigenvalue weighted by atomic mass is 16.5. The lowest BCUT2D eigenvalue weighted by atomic mass is 9.49. The largest absolute Gasteiger partial charge is 0.463 e. The summed E-state index contributed by atoms with van der Waals surface area (Å²) < 4.78 is 5.59. The number of esters is 1. The first kappa shape index (κ1) is 25.2. The fraction of sp³-hybridized carbons (Fsp3) is 0.897. The van der Waals surface area contributed by atoms with Crippen molar-refractivity contribution in [3.63, 3.8) is 0 Å². The van der Waals surface area contributed by atoms with Gasteiger partial charge in [0.05, 0.1) is 6.10 Å². The summed E-state index contributed by atoms with van der Waals surface area (Å²) >= 11 is 0. The summed E-state index contributed by atoms with van der Waals surface area (Å²) in [6.45, 7) is 13.1. The van der Waals surface area contributed by atoms with Crippen molar-refractivity contribution in [2.24, 2.45) is 34.5 Å². The Bertz CT molecular complexity index is 786. The molecule has 0 aromatic carbocycles. The number of carbonyl (C=O) groups excluding carboxylic acids is 1. The van der Waals surface area contributed by atoms with Gasteiger partial charge in [-0.2, -0.15) is 0 Å². The van der Waals surface area contributed by atoms with Gasteiger partial charge in [-0.15, -0.1) is 0 Å². The fourth-order valence-electron chi connectivity index (χ4n) is 8.76. The fourth-order valence-corrected chi connectivity index (χ4v) is 8.76. The van der Waals surface area contributed by atoms with E-state index in [-0.39, 0.29) is 22.9 Å². The van der Waals surface area contributed by atoms with Crippen molar-refractivity contribution in [1.82, 2.24) is 0 Å². The molecule has 33 heavy (non-hydrogen) atoms. The van der Waals surface area contributed by atoms with Crippen molar-refractivity contribution < 1.29 is 19.7 Å². The molecule has 4 aliphatic rings. The zero-order valence-corrected chi connectivity index (χ0v) is 22.0. The summed E-state index contributed by atoms with van der Waals surface area (Å²) in [7, 11) is 0. The summed E-state index contributed by atoms with van der Waals surface area (Å²) in [6, 6.07) is 0. The van der Waals surface area contributed by atoms with Gasteiger partial charge in [0.25, 0.3) is 0 Å². The summed E-state index contributed by atoms with van der Waals surface area (Å²) in [5, 5.41) is 23.8. The topological polar surface area (TPSA) is 66.8 Å². The molecule has 4 rings (SSSR count). The molecule has 188 valence electrons. The Balaban J connectivity index is 1.59. The highest BCUT2D eigenvalue weighted by Crippen LogP contribution is 2.67. The van der Waals surface area contributed by atoms with Crippen LogP contribution in [0.2, 0.25) is 0 Å². The van der Waals surface area contributed by atoms with Gasteiger partial charge in [0.2, 0.25) is 0 Å². The maximum atomic E-state index is 12.4. The molecule has 2 saturated carbocycles. The molecule has 0 unspecified atom stereocenters. The molecule has 2 fully saturated rings. The van der Waals surface area contributed by atoms with Crippen LogP contribution in [0.25, 0.3) is 0 Å². The van der Waals surface area contributed by atoms with E-state index in [0.29, 0.717) is 17.8 Å². The standard InChI is InChI=1S/C29H48O4/c1-18(2)8-7-9-19(3)25-17-26(31)29(32)24-11-10-21-16-22(33-20(4)30)12-14-27(21,5)23(24)13-15-28(25,29)6/h18-19,21-22,25-26,31-32H,7-17H2,1-6H3/t19-,21+,22+,25-,26+,27+,28-,29+/m1/s1. The number of allylic oxidation sites excluding steroid dienone is 1. The van der Waals surface area contributed by atoms with Gasteiger partial charge < -0.3 is 14.9 Å². The van der Waals surface area contributed by atoms with Crippen LogP contribution in [0.3, 0.4) is 0 Å². The molecule has 4 nitrogen and oxygen atoms in total. The van der Waals surface area contributed by atoms with Crippen LogP contribution in [-0.2, 0) is 9.53 Å². The van der Waals surface area contributed by atoms with E-state index in [9.17, 15) is 15.0 Å². The molecule has 4 heteroatoms. The van der Waals surface area contributed by atoms with Gasteiger partial charge in [-0.3, -0.25) is 4.79 Å². The van der Waals surface area contributed by atoms with Crippen LogP contribution in [0.4, 0.5) is 0 Å². The molecule has 2 N–H and O–H groups in total. The van der Waals surface area contributed by atoms with Crippen LogP contribution in [0, 0.1) is 34.5 Å². The maximum Gasteiger partial charge on any atom is 0.302 e. The van der Waals surface area contributed by atoms with Gasteiger partial charge >= 0.3 is 5.97 Å². The average molecular weight is 461 g/mol. The number of rotatable bonds is 6. The van der Waals surface area contributed by atoms with Crippen LogP contribution in [0.5, 0.6) is 0 Å². The monoisotopic (exact) mass is 460 g/mol. The Hall–Kier alpha value is -0.870. The van der Waals surface area contributed by atoms with Crippen LogP contribution < -0.4 is 0 Å². The van der Waals surface area contributed by atoms with Crippen molar-refractivity contribution in [3.05, 3.63) is 11.1 Å². The lowest BCUT2D eigenvalue weighted by Crippen LogP contribution is -2.58. The molecule has 0 spiro atoms. The minimum absolute atomic E-state index is 0.0350. The number of fused-ring (bicyclic) bond motifs is 4. The molecule has 0 aliphatic heterocycles. The predicted octanol–water partition coefficient (Wildman–Crippen LogP) is 6.19.